The van der Waals surface area contributed by atoms with Gasteiger partial charge >= 0.3 is 0 Å². The van der Waals surface area contributed by atoms with E-state index in [0.717, 1.165) is 37.3 Å². The van der Waals surface area contributed by atoms with E-state index >= 15 is 0 Å². The molecule has 2 nitrogen and oxygen atoms in total. The van der Waals surface area contributed by atoms with Crippen LogP contribution in [0.4, 0.5) is 5.69 Å². The van der Waals surface area contributed by atoms with Crippen molar-refractivity contribution < 1.29 is 4.98 Å². The highest BCUT2D eigenvalue weighted by atomic mass is 79.9. The van der Waals surface area contributed by atoms with E-state index in [2.05, 4.69) is 20.9 Å². The average Bonchev–Trinajstić information content (AvgIpc) is 2.40. The van der Waals surface area contributed by atoms with Gasteiger partial charge in [0.05, 0.1) is 11.1 Å². The van der Waals surface area contributed by atoms with E-state index in [0.29, 0.717) is 0 Å². The highest BCUT2D eigenvalue weighted by Gasteiger charge is 2.12. The number of fused-ring (bicyclic) bond motifs is 1. The standard InChI is InChI=1S/C15H10BrClN2/c16-10-3-6-14-12(7-10)13(18)8-15(19-14)9-1-4-11(17)5-2-9/h1-8H,(H2,18,19)/p+1. The van der Waals surface area contributed by atoms with Crippen molar-refractivity contribution in [3.8, 4) is 11.3 Å². The number of aromatic amines is 1. The number of halogens is 2. The van der Waals surface area contributed by atoms with Gasteiger partial charge in [-0.25, -0.2) is 4.98 Å². The van der Waals surface area contributed by atoms with Crippen LogP contribution in [-0.2, 0) is 0 Å². The molecule has 94 valence electrons. The van der Waals surface area contributed by atoms with Crippen LogP contribution >= 0.6 is 27.5 Å². The van der Waals surface area contributed by atoms with Crippen molar-refractivity contribution in [3.63, 3.8) is 0 Å². The predicted molar refractivity (Wildman–Crippen MR) is 83.1 cm³/mol. The van der Waals surface area contributed by atoms with E-state index < -0.39 is 0 Å². The number of aromatic nitrogens is 1. The van der Waals surface area contributed by atoms with Crippen molar-refractivity contribution in [1.82, 2.24) is 0 Å². The maximum Gasteiger partial charge on any atom is 0.213 e. The Morgan fingerprint density at radius 3 is 2.47 bits per heavy atom. The summed E-state index contributed by atoms with van der Waals surface area (Å²) in [7, 11) is 0. The third-order valence-corrected chi connectivity index (χ3v) is 3.76. The zero-order valence-corrected chi connectivity index (χ0v) is 12.3. The number of pyridine rings is 1. The molecule has 0 spiro atoms. The second kappa shape index (κ2) is 4.83. The third kappa shape index (κ3) is 2.44. The lowest BCUT2D eigenvalue weighted by Gasteiger charge is -2.02. The van der Waals surface area contributed by atoms with Gasteiger partial charge in [0.1, 0.15) is 0 Å². The second-order valence-electron chi connectivity index (χ2n) is 4.34. The number of nitrogen functional groups attached to an aromatic ring is 1. The van der Waals surface area contributed by atoms with Gasteiger partial charge in [-0.15, -0.1) is 0 Å². The van der Waals surface area contributed by atoms with Gasteiger partial charge in [0, 0.05) is 27.2 Å². The molecule has 2 aromatic carbocycles. The number of anilines is 1. The summed E-state index contributed by atoms with van der Waals surface area (Å²) in [6.07, 6.45) is 0. The zero-order chi connectivity index (χ0) is 13.4. The monoisotopic (exact) mass is 333 g/mol. The number of rotatable bonds is 1. The molecule has 4 heteroatoms. The highest BCUT2D eigenvalue weighted by Crippen LogP contribution is 2.26. The highest BCUT2D eigenvalue weighted by molar-refractivity contribution is 9.10. The van der Waals surface area contributed by atoms with E-state index in [1.165, 1.54) is 0 Å². The summed E-state index contributed by atoms with van der Waals surface area (Å²) in [5.74, 6) is 0. The van der Waals surface area contributed by atoms with Gasteiger partial charge in [0.15, 0.2) is 0 Å². The molecule has 0 bridgehead atoms. The molecule has 19 heavy (non-hydrogen) atoms. The molecule has 1 aromatic heterocycles. The lowest BCUT2D eigenvalue weighted by atomic mass is 10.1. The number of hydrogen-bond donors (Lipinski definition) is 1. The first-order valence-corrected chi connectivity index (χ1v) is 6.97. The fraction of sp³-hybridized carbons (Fsp3) is 0. The Morgan fingerprint density at radius 1 is 1.00 bits per heavy atom. The lowest BCUT2D eigenvalue weighted by Crippen LogP contribution is -2.09. The Kier molecular flexibility index (Phi) is 3.17. The maximum atomic E-state index is 6.13. The fourth-order valence-electron chi connectivity index (χ4n) is 2.06. The molecule has 0 atom stereocenters. The molecule has 0 aliphatic heterocycles. The van der Waals surface area contributed by atoms with E-state index in [-0.39, 0.29) is 0 Å². The van der Waals surface area contributed by atoms with Crippen LogP contribution in [0.25, 0.3) is 22.2 Å². The Hall–Kier alpha value is -1.58. The van der Waals surface area contributed by atoms with Gasteiger partial charge in [0.2, 0.25) is 11.2 Å². The largest absolute Gasteiger partial charge is 0.398 e. The Balaban J connectivity index is 2.20. The number of nitrogens with two attached hydrogens (primary N) is 1. The quantitative estimate of drug-likeness (QED) is 0.707. The smallest absolute Gasteiger partial charge is 0.213 e. The number of nitrogens with one attached hydrogen (secondary N) is 1. The summed E-state index contributed by atoms with van der Waals surface area (Å²) in [6, 6.07) is 15.6. The van der Waals surface area contributed by atoms with Crippen LogP contribution in [0.5, 0.6) is 0 Å². The minimum atomic E-state index is 0.724. The minimum Gasteiger partial charge on any atom is -0.398 e. The first-order chi connectivity index (χ1) is 9.13. The van der Waals surface area contributed by atoms with Gasteiger partial charge in [-0.1, -0.05) is 27.5 Å². The molecule has 0 saturated heterocycles. The van der Waals surface area contributed by atoms with E-state index in [1.54, 1.807) is 0 Å². The van der Waals surface area contributed by atoms with E-state index in [9.17, 15) is 0 Å². The topological polar surface area (TPSA) is 40.2 Å². The van der Waals surface area contributed by atoms with Crippen LogP contribution in [0.3, 0.4) is 0 Å². The van der Waals surface area contributed by atoms with Gasteiger partial charge in [0.25, 0.3) is 0 Å². The van der Waals surface area contributed by atoms with Gasteiger partial charge < -0.3 is 5.73 Å². The SMILES string of the molecule is Nc1cc(-c2ccc(Cl)cc2)[nH+]c2ccc(Br)cc12. The summed E-state index contributed by atoms with van der Waals surface area (Å²) < 4.78 is 1.01. The molecule has 0 radical (unpaired) electrons. The van der Waals surface area contributed by atoms with Gasteiger partial charge in [-0.2, -0.15) is 0 Å². The minimum absolute atomic E-state index is 0.724. The van der Waals surface area contributed by atoms with Gasteiger partial charge in [-0.3, -0.25) is 0 Å². The summed E-state index contributed by atoms with van der Waals surface area (Å²) in [5, 5.41) is 1.73. The van der Waals surface area contributed by atoms with E-state index in [4.69, 9.17) is 17.3 Å². The third-order valence-electron chi connectivity index (χ3n) is 3.02. The van der Waals surface area contributed by atoms with Crippen LogP contribution in [0.15, 0.2) is 53.0 Å². The lowest BCUT2D eigenvalue weighted by molar-refractivity contribution is -0.330. The molecule has 3 N–H and O–H groups in total. The van der Waals surface area contributed by atoms with Crippen molar-refractivity contribution in [1.29, 1.82) is 0 Å². The molecule has 1 heterocycles. The number of hydrogen-bond acceptors (Lipinski definition) is 1. The van der Waals surface area contributed by atoms with Crippen LogP contribution in [0.1, 0.15) is 0 Å². The molecule has 0 unspecified atom stereocenters. The molecule has 3 aromatic rings. The Bertz CT molecular complexity index is 754. The molecule has 0 saturated carbocycles. The summed E-state index contributed by atoms with van der Waals surface area (Å²) in [5.41, 5.74) is 9.92. The molecule has 3 rings (SSSR count). The van der Waals surface area contributed by atoms with Crippen LogP contribution in [-0.4, -0.2) is 0 Å². The molecule has 0 aliphatic rings. The van der Waals surface area contributed by atoms with Crippen molar-refractivity contribution in [2.24, 2.45) is 0 Å². The van der Waals surface area contributed by atoms with Crippen molar-refractivity contribution in [3.05, 3.63) is 58.0 Å². The normalized spacial score (nSPS) is 10.8. The van der Waals surface area contributed by atoms with Crippen LogP contribution in [0.2, 0.25) is 5.02 Å². The fourth-order valence-corrected chi connectivity index (χ4v) is 2.55. The summed E-state index contributed by atoms with van der Waals surface area (Å²) in [4.78, 5) is 3.39. The molecule has 0 aliphatic carbocycles. The first kappa shape index (κ1) is 12.5. The first-order valence-electron chi connectivity index (χ1n) is 5.80. The summed E-state index contributed by atoms with van der Waals surface area (Å²) in [6.45, 7) is 0. The second-order valence-corrected chi connectivity index (χ2v) is 5.69. The van der Waals surface area contributed by atoms with Crippen molar-refractivity contribution in [2.75, 3.05) is 5.73 Å². The summed E-state index contributed by atoms with van der Waals surface area (Å²) >= 11 is 9.36. The number of benzene rings is 2. The molecule has 0 fully saturated rings. The van der Waals surface area contributed by atoms with Gasteiger partial charge in [-0.05, 0) is 36.4 Å². The van der Waals surface area contributed by atoms with Crippen molar-refractivity contribution in [2.45, 2.75) is 0 Å². The Morgan fingerprint density at radius 2 is 1.74 bits per heavy atom. The van der Waals surface area contributed by atoms with Crippen molar-refractivity contribution >= 4 is 44.1 Å². The molecular weight excluding hydrogens is 324 g/mol. The van der Waals surface area contributed by atoms with E-state index in [1.807, 2.05) is 48.5 Å². The average molecular weight is 335 g/mol. The maximum absolute atomic E-state index is 6.13. The number of H-pyrrole nitrogens is 1. The van der Waals surface area contributed by atoms with Crippen LogP contribution in [0, 0.1) is 0 Å². The molecular formula is C15H11BrClN2+. The zero-order valence-electron chi connectivity index (χ0n) is 9.95. The van der Waals surface area contributed by atoms with Crippen LogP contribution < -0.4 is 10.7 Å². The predicted octanol–water partition coefficient (Wildman–Crippen LogP) is 4.32. The Labute approximate surface area is 124 Å². The molecule has 0 amide bonds.